The zero-order valence-corrected chi connectivity index (χ0v) is 15.1. The first kappa shape index (κ1) is 19.9. The van der Waals surface area contributed by atoms with Crippen molar-refractivity contribution in [1.82, 2.24) is 5.06 Å². The second-order valence-electron chi connectivity index (χ2n) is 7.49. The van der Waals surface area contributed by atoms with Crippen LogP contribution in [0.4, 0.5) is 13.2 Å². The summed E-state index contributed by atoms with van der Waals surface area (Å²) in [5, 5.41) is 19.1. The van der Waals surface area contributed by atoms with E-state index >= 15 is 0 Å². The van der Waals surface area contributed by atoms with E-state index in [1.807, 2.05) is 0 Å². The van der Waals surface area contributed by atoms with E-state index in [1.165, 1.54) is 36.8 Å². The van der Waals surface area contributed by atoms with E-state index in [1.54, 1.807) is 12.2 Å². The van der Waals surface area contributed by atoms with Gasteiger partial charge in [0.15, 0.2) is 0 Å². The lowest BCUT2D eigenvalue weighted by Gasteiger charge is -2.57. The first-order valence-corrected chi connectivity index (χ1v) is 9.12. The molecule has 150 valence electrons. The van der Waals surface area contributed by atoms with Crippen molar-refractivity contribution in [3.63, 3.8) is 0 Å². The number of ether oxygens (including phenoxy) is 1. The largest absolute Gasteiger partial charge is 0.496 e. The molecule has 1 saturated carbocycles. The van der Waals surface area contributed by atoms with Gasteiger partial charge in [0.25, 0.3) is 0 Å². The van der Waals surface area contributed by atoms with Crippen LogP contribution in [0.25, 0.3) is 0 Å². The summed E-state index contributed by atoms with van der Waals surface area (Å²) in [6.07, 6.45) is 2.08. The molecule has 0 amide bonds. The maximum absolute atomic E-state index is 10.6. The molecule has 0 radical (unpaired) electrons. The summed E-state index contributed by atoms with van der Waals surface area (Å²) >= 11 is 0. The van der Waals surface area contributed by atoms with Crippen molar-refractivity contribution in [1.29, 1.82) is 0 Å². The van der Waals surface area contributed by atoms with Gasteiger partial charge in [-0.15, -0.1) is 0 Å². The lowest BCUT2D eigenvalue weighted by Crippen LogP contribution is -2.60. The second-order valence-corrected chi connectivity index (χ2v) is 7.49. The minimum absolute atomic E-state index is 0.252. The van der Waals surface area contributed by atoms with Crippen LogP contribution in [-0.2, 0) is 16.6 Å². The molecule has 0 spiro atoms. The molecular weight excluding hydrogens is 363 g/mol. The van der Waals surface area contributed by atoms with Crippen LogP contribution in [0, 0.1) is 5.92 Å². The van der Waals surface area contributed by atoms with Gasteiger partial charge >= 0.3 is 12.1 Å². The second kappa shape index (κ2) is 7.31. The van der Waals surface area contributed by atoms with Gasteiger partial charge in [0.1, 0.15) is 5.75 Å². The van der Waals surface area contributed by atoms with E-state index in [0.717, 1.165) is 25.1 Å². The number of aliphatic carboxylic acids is 1. The molecule has 1 saturated heterocycles. The normalized spacial score (nSPS) is 29.7. The van der Waals surface area contributed by atoms with E-state index in [9.17, 15) is 18.4 Å². The summed E-state index contributed by atoms with van der Waals surface area (Å²) in [5.41, 5.74) is 3.12. The number of carbonyl (C=O) groups is 1. The molecule has 0 aromatic heterocycles. The number of halogens is 3. The van der Waals surface area contributed by atoms with Gasteiger partial charge in [0.2, 0.25) is 0 Å². The fourth-order valence-corrected chi connectivity index (χ4v) is 5.22. The van der Waals surface area contributed by atoms with Crippen molar-refractivity contribution in [2.75, 3.05) is 13.7 Å². The Kier molecular flexibility index (Phi) is 5.40. The van der Waals surface area contributed by atoms with E-state index in [0.29, 0.717) is 12.0 Å². The van der Waals surface area contributed by atoms with Crippen LogP contribution in [0.1, 0.15) is 43.2 Å². The monoisotopic (exact) mass is 387 g/mol. The number of piperidine rings is 1. The number of rotatable bonds is 1. The number of nitrogens with zero attached hydrogens (tertiary/aromatic N) is 1. The van der Waals surface area contributed by atoms with Crippen LogP contribution >= 0.6 is 0 Å². The van der Waals surface area contributed by atoms with Crippen LogP contribution in [-0.4, -0.2) is 47.2 Å². The lowest BCUT2D eigenvalue weighted by atomic mass is 9.52. The van der Waals surface area contributed by atoms with Gasteiger partial charge in [-0.3, -0.25) is 0 Å². The van der Waals surface area contributed by atoms with Crippen LogP contribution in [0.5, 0.6) is 5.75 Å². The number of alkyl halides is 3. The molecule has 2 N–H and O–H groups in total. The molecule has 2 fully saturated rings. The summed E-state index contributed by atoms with van der Waals surface area (Å²) in [4.78, 5) is 8.90. The predicted molar refractivity (Wildman–Crippen MR) is 90.9 cm³/mol. The Hall–Kier alpha value is -1.80. The number of hydroxylamine groups is 2. The highest BCUT2D eigenvalue weighted by molar-refractivity contribution is 5.73. The van der Waals surface area contributed by atoms with Gasteiger partial charge in [0.05, 0.1) is 7.11 Å². The number of carboxylic acids is 1. The van der Waals surface area contributed by atoms with Gasteiger partial charge < -0.3 is 15.1 Å². The van der Waals surface area contributed by atoms with Gasteiger partial charge in [-0.1, -0.05) is 25.0 Å². The maximum atomic E-state index is 10.6. The summed E-state index contributed by atoms with van der Waals surface area (Å²) in [6, 6.07) is 6.75. The highest BCUT2D eigenvalue weighted by atomic mass is 19.4. The Balaban J connectivity index is 0.000000260. The number of methoxy groups -OCH3 is 1. The van der Waals surface area contributed by atoms with E-state index < -0.39 is 12.1 Å². The molecule has 3 atom stereocenters. The molecular formula is C19H24F3NO4. The summed E-state index contributed by atoms with van der Waals surface area (Å²) in [6.45, 7) is 0.804. The van der Waals surface area contributed by atoms with Crippen molar-refractivity contribution in [2.24, 2.45) is 5.92 Å². The fourth-order valence-electron chi connectivity index (χ4n) is 5.22. The Bertz CT molecular complexity index is 709. The van der Waals surface area contributed by atoms with Crippen LogP contribution in [0.15, 0.2) is 18.2 Å². The average Bonchev–Trinajstić information content (AvgIpc) is 2.64. The molecule has 5 nitrogen and oxygen atoms in total. The molecule has 1 aliphatic heterocycles. The lowest BCUT2D eigenvalue weighted by molar-refractivity contribution is -0.192. The van der Waals surface area contributed by atoms with E-state index in [2.05, 4.69) is 18.2 Å². The van der Waals surface area contributed by atoms with Gasteiger partial charge in [-0.05, 0) is 43.2 Å². The standard InChI is InChI=1S/C17H23NO2.C2HF3O2/c1-20-15-7-4-5-12-11-14-13-6-2-3-8-17(13,16(12)15)9-10-18(14)19;3-2(4,5)1(6)7/h4-5,7,13-14,19H,2-3,6,8-11H2,1H3;(H,6,7)/t13-,14+,17+;/m0./s1. The zero-order valence-electron chi connectivity index (χ0n) is 15.1. The van der Waals surface area contributed by atoms with Crippen molar-refractivity contribution < 1.29 is 33.0 Å². The third kappa shape index (κ3) is 3.52. The van der Waals surface area contributed by atoms with E-state index in [4.69, 9.17) is 14.6 Å². The minimum atomic E-state index is -5.08. The van der Waals surface area contributed by atoms with E-state index in [-0.39, 0.29) is 5.41 Å². The first-order chi connectivity index (χ1) is 12.7. The molecule has 4 rings (SSSR count). The summed E-state index contributed by atoms with van der Waals surface area (Å²) in [7, 11) is 1.79. The van der Waals surface area contributed by atoms with Crippen molar-refractivity contribution in [3.05, 3.63) is 29.3 Å². The Morgan fingerprint density at radius 1 is 1.30 bits per heavy atom. The number of carboxylic acid groups (broad SMARTS) is 1. The number of fused-ring (bicyclic) bond motifs is 1. The number of hydrogen-bond acceptors (Lipinski definition) is 4. The van der Waals surface area contributed by atoms with Crippen LogP contribution in [0.3, 0.4) is 0 Å². The first-order valence-electron chi connectivity index (χ1n) is 9.12. The molecule has 1 aromatic carbocycles. The molecule has 3 aliphatic rings. The Morgan fingerprint density at radius 2 is 2.00 bits per heavy atom. The Morgan fingerprint density at radius 3 is 2.63 bits per heavy atom. The van der Waals surface area contributed by atoms with Crippen molar-refractivity contribution >= 4 is 5.97 Å². The smallest absolute Gasteiger partial charge is 0.490 e. The van der Waals surface area contributed by atoms with Crippen LogP contribution < -0.4 is 4.74 Å². The molecule has 1 aromatic rings. The third-order valence-corrected chi connectivity index (χ3v) is 6.23. The maximum Gasteiger partial charge on any atom is 0.490 e. The topological polar surface area (TPSA) is 70.0 Å². The fraction of sp³-hybridized carbons (Fsp3) is 0.632. The summed E-state index contributed by atoms with van der Waals surface area (Å²) in [5.74, 6) is -1.09. The molecule has 27 heavy (non-hydrogen) atoms. The average molecular weight is 387 g/mol. The SMILES string of the molecule is COc1cccc2c1[C@@]13CCCC[C@H]1[C@@H](C2)N(O)CC3.O=C(O)C(F)(F)F. The Labute approximate surface area is 155 Å². The van der Waals surface area contributed by atoms with Gasteiger partial charge in [-0.25, -0.2) is 4.79 Å². The molecule has 8 heteroatoms. The minimum Gasteiger partial charge on any atom is -0.496 e. The highest BCUT2D eigenvalue weighted by Gasteiger charge is 2.54. The number of benzene rings is 1. The molecule has 2 aliphatic carbocycles. The van der Waals surface area contributed by atoms with Gasteiger partial charge in [-0.2, -0.15) is 18.2 Å². The van der Waals surface area contributed by atoms with Crippen molar-refractivity contribution in [2.45, 2.75) is 56.2 Å². The highest BCUT2D eigenvalue weighted by Crippen LogP contribution is 2.57. The van der Waals surface area contributed by atoms with Crippen LogP contribution in [0.2, 0.25) is 0 Å². The number of hydrogen-bond donors (Lipinski definition) is 2. The molecule has 2 bridgehead atoms. The quantitative estimate of drug-likeness (QED) is 0.768. The molecule has 1 heterocycles. The zero-order chi connectivity index (χ0) is 19.8. The summed E-state index contributed by atoms with van der Waals surface area (Å²) < 4.78 is 37.4. The van der Waals surface area contributed by atoms with Crippen molar-refractivity contribution in [3.8, 4) is 5.75 Å². The van der Waals surface area contributed by atoms with Gasteiger partial charge in [0, 0.05) is 23.6 Å². The third-order valence-electron chi connectivity index (χ3n) is 6.23. The predicted octanol–water partition coefficient (Wildman–Crippen LogP) is 3.78. The molecule has 0 unspecified atom stereocenters.